The molecule has 9 rings (SSSR count). The minimum atomic E-state index is -2.26. The largest absolute Gasteiger partial charge is 0.508 e. The molecule has 83 heavy (non-hydrogen) atoms. The molecule has 30 nitrogen and oxygen atoms in total. The van der Waals surface area contributed by atoms with Gasteiger partial charge in [0, 0.05) is 23.8 Å². The van der Waals surface area contributed by atoms with Gasteiger partial charge in [-0.3, -0.25) is 4.79 Å². The third-order valence-corrected chi connectivity index (χ3v) is 14.6. The Labute approximate surface area is 468 Å². The number of hydrogen-bond acceptors (Lipinski definition) is 30. The van der Waals surface area contributed by atoms with Gasteiger partial charge >= 0.3 is 5.97 Å². The Bertz CT molecular complexity index is 2920. The van der Waals surface area contributed by atoms with Crippen molar-refractivity contribution in [2.45, 2.75) is 161 Å². The fraction of sp³-hybridized carbons (Fsp3) is 0.547. The maximum absolute atomic E-state index is 14.9. The second-order valence-electron chi connectivity index (χ2n) is 20.4. The maximum Gasteiger partial charge on any atom is 0.331 e. The lowest BCUT2D eigenvalue weighted by atomic mass is 9.96. The molecule has 456 valence electrons. The maximum atomic E-state index is 14.9. The van der Waals surface area contributed by atoms with E-state index in [4.69, 9.17) is 56.5 Å². The number of aliphatic hydroxyl groups excluding tert-OH is 13. The molecular formula is C53H64O30. The number of fused-ring (bicyclic) bond motifs is 1. The van der Waals surface area contributed by atoms with Crippen LogP contribution in [0.25, 0.3) is 28.4 Å². The molecule has 3 aromatic carbocycles. The van der Waals surface area contributed by atoms with Gasteiger partial charge < -0.3 is 138 Å². The van der Waals surface area contributed by atoms with Crippen LogP contribution in [0.3, 0.4) is 0 Å². The summed E-state index contributed by atoms with van der Waals surface area (Å²) in [4.78, 5) is 28.3. The van der Waals surface area contributed by atoms with Crippen molar-refractivity contribution in [1.29, 1.82) is 0 Å². The minimum absolute atomic E-state index is 0.0148. The number of aliphatic hydroxyl groups is 13. The number of rotatable bonds is 16. The number of phenolic OH excluding ortho intramolecular Hbond substituents is 3. The minimum Gasteiger partial charge on any atom is -0.508 e. The number of esters is 1. The normalized spacial score (nSPS) is 38.7. The molecule has 0 amide bonds. The highest BCUT2D eigenvalue weighted by molar-refractivity contribution is 5.88. The van der Waals surface area contributed by atoms with E-state index >= 15 is 0 Å². The second-order valence-corrected chi connectivity index (χ2v) is 20.4. The van der Waals surface area contributed by atoms with E-state index in [0.717, 1.165) is 18.2 Å². The van der Waals surface area contributed by atoms with Crippen LogP contribution in [0.1, 0.15) is 19.4 Å². The number of benzene rings is 3. The van der Waals surface area contributed by atoms with Crippen LogP contribution in [0.4, 0.5) is 0 Å². The van der Waals surface area contributed by atoms with Crippen molar-refractivity contribution in [2.75, 3.05) is 19.8 Å². The molecule has 5 aliphatic heterocycles. The number of phenols is 3. The van der Waals surface area contributed by atoms with E-state index in [1.54, 1.807) is 0 Å². The molecule has 5 aliphatic rings. The molecule has 0 aliphatic carbocycles. The van der Waals surface area contributed by atoms with Crippen molar-refractivity contribution < 1.29 is 143 Å². The second kappa shape index (κ2) is 25.8. The van der Waals surface area contributed by atoms with Crippen LogP contribution in [0.2, 0.25) is 0 Å². The van der Waals surface area contributed by atoms with E-state index in [0.29, 0.717) is 5.56 Å². The van der Waals surface area contributed by atoms with Crippen LogP contribution in [-0.2, 0) is 47.4 Å². The molecule has 6 heterocycles. The third-order valence-electron chi connectivity index (χ3n) is 14.6. The van der Waals surface area contributed by atoms with Gasteiger partial charge in [0.2, 0.25) is 23.8 Å². The van der Waals surface area contributed by atoms with Crippen LogP contribution in [-0.4, -0.2) is 255 Å². The van der Waals surface area contributed by atoms with E-state index in [1.807, 2.05) is 0 Å². The van der Waals surface area contributed by atoms with Crippen molar-refractivity contribution in [3.8, 4) is 40.1 Å². The Hall–Kier alpha value is -5.76. The highest BCUT2D eigenvalue weighted by atomic mass is 16.8. The molecular weight excluding hydrogens is 1120 g/mol. The summed E-state index contributed by atoms with van der Waals surface area (Å²) in [7, 11) is 0. The lowest BCUT2D eigenvalue weighted by molar-refractivity contribution is -0.375. The van der Waals surface area contributed by atoms with Crippen LogP contribution in [0, 0.1) is 0 Å². The van der Waals surface area contributed by atoms with Crippen molar-refractivity contribution in [2.24, 2.45) is 0 Å². The summed E-state index contributed by atoms with van der Waals surface area (Å²) in [6, 6.07) is 12.6. The fourth-order valence-corrected chi connectivity index (χ4v) is 9.83. The summed E-state index contributed by atoms with van der Waals surface area (Å²) in [5.74, 6) is -3.81. The van der Waals surface area contributed by atoms with Gasteiger partial charge in [-0.2, -0.15) is 0 Å². The third kappa shape index (κ3) is 13.1. The van der Waals surface area contributed by atoms with Crippen LogP contribution in [0.15, 0.2) is 76.0 Å². The quantitative estimate of drug-likeness (QED) is 0.0371. The fourth-order valence-electron chi connectivity index (χ4n) is 9.83. The van der Waals surface area contributed by atoms with E-state index in [1.165, 1.54) is 68.5 Å². The lowest BCUT2D eigenvalue weighted by Gasteiger charge is -2.48. The van der Waals surface area contributed by atoms with Gasteiger partial charge in [-0.25, -0.2) is 4.79 Å². The lowest BCUT2D eigenvalue weighted by Crippen LogP contribution is -2.66. The first-order valence-corrected chi connectivity index (χ1v) is 26.0. The average Bonchev–Trinajstić information content (AvgIpc) is 3.51. The van der Waals surface area contributed by atoms with E-state index in [9.17, 15) is 91.3 Å². The topological polar surface area (TPSA) is 472 Å². The number of carbonyl (C=O) groups is 1. The predicted octanol–water partition coefficient (Wildman–Crippen LogP) is -4.63. The van der Waals surface area contributed by atoms with E-state index in [-0.39, 0.29) is 22.8 Å². The molecule has 0 saturated carbocycles. The summed E-state index contributed by atoms with van der Waals surface area (Å²) in [6.45, 7) is 0.405. The number of aromatic hydroxyl groups is 3. The zero-order valence-electron chi connectivity index (χ0n) is 43.8. The van der Waals surface area contributed by atoms with Crippen molar-refractivity contribution in [3.63, 3.8) is 0 Å². The summed E-state index contributed by atoms with van der Waals surface area (Å²) >= 11 is 0. The summed E-state index contributed by atoms with van der Waals surface area (Å²) in [6.07, 6.45) is -41.3. The van der Waals surface area contributed by atoms with Gasteiger partial charge in [-0.05, 0) is 61.9 Å². The molecule has 16 N–H and O–H groups in total. The summed E-state index contributed by atoms with van der Waals surface area (Å²) in [5.41, 5.74) is -1.17. The molecule has 24 unspecified atom stereocenters. The first-order chi connectivity index (χ1) is 39.4. The molecule has 0 bridgehead atoms. The van der Waals surface area contributed by atoms with E-state index < -0.39 is 207 Å². The van der Waals surface area contributed by atoms with Gasteiger partial charge in [0.15, 0.2) is 36.8 Å². The van der Waals surface area contributed by atoms with Crippen molar-refractivity contribution >= 4 is 23.0 Å². The van der Waals surface area contributed by atoms with Gasteiger partial charge in [0.25, 0.3) is 0 Å². The first-order valence-electron chi connectivity index (χ1n) is 26.0. The zero-order valence-corrected chi connectivity index (χ0v) is 43.8. The van der Waals surface area contributed by atoms with Crippen molar-refractivity contribution in [1.82, 2.24) is 0 Å². The Morgan fingerprint density at radius 2 is 1.19 bits per heavy atom. The molecule has 5 fully saturated rings. The van der Waals surface area contributed by atoms with Crippen LogP contribution < -0.4 is 14.9 Å². The highest BCUT2D eigenvalue weighted by Crippen LogP contribution is 2.40. The van der Waals surface area contributed by atoms with Crippen molar-refractivity contribution in [3.05, 3.63) is 82.5 Å². The van der Waals surface area contributed by atoms with E-state index in [2.05, 4.69) is 0 Å². The smallest absolute Gasteiger partial charge is 0.331 e. The van der Waals surface area contributed by atoms with Crippen LogP contribution in [0.5, 0.6) is 28.7 Å². The van der Waals surface area contributed by atoms with Gasteiger partial charge in [-0.1, -0.05) is 12.1 Å². The monoisotopic (exact) mass is 1180 g/mol. The standard InChI is InChI=1S/C53H64O30/c1-18-32(60)37(65)42(70)51(74-18)76-24-13-25(57)31-27(14-24)77-45(21-6-10-23(56)11-7-21)46(36(31)64)82-53-48(39(67)35(63)29(79-53)17-73-49-41(69)38(66)34(62)28(15-54)78-49)83-52-43(71)47(81-50-40(68)33(61)26(58)16-72-50)44(19(2)75-52)80-30(59)12-5-20-3-8-22(55)9-4-20/h3-14,18-19,26,28-29,32-35,37-44,47-58,60-63,65-71H,15-17H2,1-2H3. The Morgan fingerprint density at radius 3 is 1.88 bits per heavy atom. The molecule has 24 atom stereocenters. The summed E-state index contributed by atoms with van der Waals surface area (Å²) in [5, 5.41) is 171. The Balaban J connectivity index is 1.07. The first kappa shape index (κ1) is 61.8. The molecule has 1 aromatic heterocycles. The predicted molar refractivity (Wildman–Crippen MR) is 270 cm³/mol. The Morgan fingerprint density at radius 1 is 0.590 bits per heavy atom. The number of hydrogen-bond donors (Lipinski definition) is 16. The number of carbonyl (C=O) groups excluding carboxylic acids is 1. The zero-order chi connectivity index (χ0) is 59.9. The number of ether oxygens (including phenoxy) is 11. The molecule has 30 heteroatoms. The molecule has 0 radical (unpaired) electrons. The van der Waals surface area contributed by atoms with Crippen LogP contribution >= 0.6 is 0 Å². The SMILES string of the molecule is CC1OC(Oc2cc(O)c3c(=O)c(OC4OC(COC5OC(CO)C(O)C(O)C5O)C(O)C(O)C4OC4OC(C)C(OC(=O)C=Cc5ccc(O)cc5)C(OC5OCC(O)C(O)C5O)C4O)c(-c4ccc(O)cc4)oc3c2)C(O)C(O)C1O. The van der Waals surface area contributed by atoms with Gasteiger partial charge in [0.1, 0.15) is 126 Å². The van der Waals surface area contributed by atoms with Gasteiger partial charge in [0.05, 0.1) is 32.0 Å². The highest BCUT2D eigenvalue weighted by Gasteiger charge is 2.55. The molecule has 5 saturated heterocycles. The molecule has 0 spiro atoms. The Kier molecular flexibility index (Phi) is 19.2. The average molecular weight is 1180 g/mol. The molecule has 4 aromatic rings. The summed E-state index contributed by atoms with van der Waals surface area (Å²) < 4.78 is 70.4. The van der Waals surface area contributed by atoms with Gasteiger partial charge in [-0.15, -0.1) is 0 Å².